The number of carbonyl (C=O) groups is 3. The smallest absolute Gasteiger partial charge is 0.327 e. The fourth-order valence-electron chi connectivity index (χ4n) is 4.50. The van der Waals surface area contributed by atoms with Crippen LogP contribution in [0.1, 0.15) is 30.7 Å². The highest BCUT2D eigenvalue weighted by molar-refractivity contribution is 6.04. The molecule has 3 fully saturated rings. The zero-order chi connectivity index (χ0) is 17.6. The fourth-order valence-corrected chi connectivity index (χ4v) is 4.50. The van der Waals surface area contributed by atoms with Crippen LogP contribution in [0, 0.1) is 5.41 Å². The molecular formula is C19H23N3O3. The van der Waals surface area contributed by atoms with Gasteiger partial charge < -0.3 is 9.80 Å². The van der Waals surface area contributed by atoms with Gasteiger partial charge in [-0.3, -0.25) is 14.5 Å². The molecule has 3 aliphatic rings. The van der Waals surface area contributed by atoms with Crippen molar-refractivity contribution in [1.82, 2.24) is 14.7 Å². The SMILES string of the molecule is CN1CC(=O)N(CC(=O)N2C[C@H](c3ccccc3)C3(CCC3)C2)C1=O. The Morgan fingerprint density at radius 2 is 1.92 bits per heavy atom. The maximum atomic E-state index is 12.8. The van der Waals surface area contributed by atoms with Crippen LogP contribution in [0.25, 0.3) is 0 Å². The number of rotatable bonds is 3. The highest BCUT2D eigenvalue weighted by atomic mass is 16.2. The van der Waals surface area contributed by atoms with E-state index in [1.165, 1.54) is 16.9 Å². The van der Waals surface area contributed by atoms with E-state index in [4.69, 9.17) is 0 Å². The van der Waals surface area contributed by atoms with E-state index in [2.05, 4.69) is 12.1 Å². The average Bonchev–Trinajstić information content (AvgIpc) is 3.10. The minimum absolute atomic E-state index is 0.0582. The summed E-state index contributed by atoms with van der Waals surface area (Å²) >= 11 is 0. The number of benzene rings is 1. The number of hydrogen-bond donors (Lipinski definition) is 0. The summed E-state index contributed by atoms with van der Waals surface area (Å²) in [6, 6.07) is 10.0. The van der Waals surface area contributed by atoms with E-state index in [0.717, 1.165) is 24.3 Å². The molecule has 4 amide bonds. The molecule has 6 heteroatoms. The second kappa shape index (κ2) is 5.86. The van der Waals surface area contributed by atoms with E-state index in [1.807, 2.05) is 23.1 Å². The second-order valence-corrected chi connectivity index (χ2v) is 7.57. The lowest BCUT2D eigenvalue weighted by molar-refractivity contribution is -0.136. The molecule has 1 spiro atoms. The van der Waals surface area contributed by atoms with Crippen molar-refractivity contribution in [3.8, 4) is 0 Å². The van der Waals surface area contributed by atoms with Crippen molar-refractivity contribution in [1.29, 1.82) is 0 Å². The third-order valence-electron chi connectivity index (χ3n) is 6.08. The van der Waals surface area contributed by atoms with Crippen molar-refractivity contribution >= 4 is 17.8 Å². The van der Waals surface area contributed by atoms with Crippen molar-refractivity contribution in [2.45, 2.75) is 25.2 Å². The monoisotopic (exact) mass is 341 g/mol. The summed E-state index contributed by atoms with van der Waals surface area (Å²) in [6.07, 6.45) is 3.49. The van der Waals surface area contributed by atoms with Gasteiger partial charge in [-0.2, -0.15) is 0 Å². The molecule has 0 N–H and O–H groups in total. The molecule has 0 aromatic heterocycles. The molecule has 0 radical (unpaired) electrons. The molecule has 2 heterocycles. The van der Waals surface area contributed by atoms with Gasteiger partial charge >= 0.3 is 6.03 Å². The van der Waals surface area contributed by atoms with Crippen molar-refractivity contribution in [3.05, 3.63) is 35.9 Å². The summed E-state index contributed by atoms with van der Waals surface area (Å²) in [5.41, 5.74) is 1.46. The van der Waals surface area contributed by atoms with Crippen LogP contribution in [0.4, 0.5) is 4.79 Å². The molecule has 0 unspecified atom stereocenters. The summed E-state index contributed by atoms with van der Waals surface area (Å²) < 4.78 is 0. The van der Waals surface area contributed by atoms with Gasteiger partial charge in [-0.15, -0.1) is 0 Å². The van der Waals surface area contributed by atoms with E-state index in [9.17, 15) is 14.4 Å². The number of likely N-dealkylation sites (tertiary alicyclic amines) is 1. The molecule has 25 heavy (non-hydrogen) atoms. The summed E-state index contributed by atoms with van der Waals surface area (Å²) in [6.45, 7) is 1.33. The van der Waals surface area contributed by atoms with Crippen LogP contribution < -0.4 is 0 Å². The topological polar surface area (TPSA) is 60.9 Å². The Bertz CT molecular complexity index is 714. The van der Waals surface area contributed by atoms with Crippen molar-refractivity contribution < 1.29 is 14.4 Å². The summed E-state index contributed by atoms with van der Waals surface area (Å²) in [7, 11) is 1.58. The van der Waals surface area contributed by atoms with Crippen molar-refractivity contribution in [2.75, 3.05) is 33.2 Å². The van der Waals surface area contributed by atoms with Crippen LogP contribution in [-0.2, 0) is 9.59 Å². The lowest BCUT2D eigenvalue weighted by atomic mass is 9.61. The Balaban J connectivity index is 1.49. The van der Waals surface area contributed by atoms with Crippen LogP contribution in [0.3, 0.4) is 0 Å². The predicted octanol–water partition coefficient (Wildman–Crippen LogP) is 1.68. The molecular weight excluding hydrogens is 318 g/mol. The third kappa shape index (κ3) is 2.60. The van der Waals surface area contributed by atoms with Crippen LogP contribution in [0.15, 0.2) is 30.3 Å². The van der Waals surface area contributed by atoms with Gasteiger partial charge in [0, 0.05) is 26.1 Å². The minimum Gasteiger partial charge on any atom is -0.340 e. The molecule has 1 aromatic rings. The molecule has 1 atom stereocenters. The standard InChI is InChI=1S/C19H23N3O3/c1-20-11-17(24)22(18(20)25)12-16(23)21-10-15(14-6-3-2-4-7-14)19(13-21)8-5-9-19/h2-4,6-7,15H,5,8-13H2,1H3/t15-/m1/s1. The van der Waals surface area contributed by atoms with Crippen LogP contribution in [0.2, 0.25) is 0 Å². The van der Waals surface area contributed by atoms with E-state index < -0.39 is 0 Å². The predicted molar refractivity (Wildman–Crippen MR) is 91.8 cm³/mol. The van der Waals surface area contributed by atoms with Gasteiger partial charge in [-0.05, 0) is 23.8 Å². The van der Waals surface area contributed by atoms with Gasteiger partial charge in [0.2, 0.25) is 5.91 Å². The number of urea groups is 1. The molecule has 2 saturated heterocycles. The Kier molecular flexibility index (Phi) is 3.78. The van der Waals surface area contributed by atoms with Crippen molar-refractivity contribution in [2.24, 2.45) is 5.41 Å². The summed E-state index contributed by atoms with van der Waals surface area (Å²) in [5, 5.41) is 0. The molecule has 1 saturated carbocycles. The first-order chi connectivity index (χ1) is 12.0. The largest absolute Gasteiger partial charge is 0.340 e. The van der Waals surface area contributed by atoms with E-state index in [0.29, 0.717) is 12.5 Å². The highest BCUT2D eigenvalue weighted by Gasteiger charge is 2.52. The van der Waals surface area contributed by atoms with E-state index in [-0.39, 0.29) is 36.3 Å². The third-order valence-corrected chi connectivity index (χ3v) is 6.08. The summed E-state index contributed by atoms with van der Waals surface area (Å²) in [4.78, 5) is 41.0. The highest BCUT2D eigenvalue weighted by Crippen LogP contribution is 2.55. The van der Waals surface area contributed by atoms with Gasteiger partial charge in [0.1, 0.15) is 13.1 Å². The fraction of sp³-hybridized carbons (Fsp3) is 0.526. The van der Waals surface area contributed by atoms with Crippen LogP contribution in [0.5, 0.6) is 0 Å². The van der Waals surface area contributed by atoms with Crippen LogP contribution in [-0.4, -0.2) is 65.8 Å². The number of hydrogen-bond acceptors (Lipinski definition) is 3. The van der Waals surface area contributed by atoms with Gasteiger partial charge in [0.15, 0.2) is 0 Å². The Hall–Kier alpha value is -2.37. The number of amides is 4. The second-order valence-electron chi connectivity index (χ2n) is 7.57. The number of likely N-dealkylation sites (N-methyl/N-ethyl adjacent to an activating group) is 1. The first-order valence-electron chi connectivity index (χ1n) is 8.88. The number of nitrogens with zero attached hydrogens (tertiary/aromatic N) is 3. The molecule has 6 nitrogen and oxygen atoms in total. The molecule has 2 aliphatic heterocycles. The minimum atomic E-state index is -0.379. The maximum Gasteiger partial charge on any atom is 0.327 e. The molecule has 0 bridgehead atoms. The summed E-state index contributed by atoms with van der Waals surface area (Å²) in [5.74, 6) is -0.0706. The molecule has 4 rings (SSSR count). The van der Waals surface area contributed by atoms with E-state index in [1.54, 1.807) is 7.05 Å². The number of carbonyl (C=O) groups excluding carboxylic acids is 3. The normalized spacial score (nSPS) is 25.0. The maximum absolute atomic E-state index is 12.8. The zero-order valence-corrected chi connectivity index (χ0v) is 14.5. The molecule has 1 aliphatic carbocycles. The van der Waals surface area contributed by atoms with Gasteiger partial charge in [-0.1, -0.05) is 36.8 Å². The van der Waals surface area contributed by atoms with Crippen LogP contribution >= 0.6 is 0 Å². The first-order valence-corrected chi connectivity index (χ1v) is 8.88. The van der Waals surface area contributed by atoms with Gasteiger partial charge in [-0.25, -0.2) is 4.79 Å². The first kappa shape index (κ1) is 16.1. The molecule has 132 valence electrons. The van der Waals surface area contributed by atoms with E-state index >= 15 is 0 Å². The van der Waals surface area contributed by atoms with Gasteiger partial charge in [0.05, 0.1) is 0 Å². The Morgan fingerprint density at radius 3 is 2.48 bits per heavy atom. The lowest BCUT2D eigenvalue weighted by Crippen LogP contribution is -2.43. The van der Waals surface area contributed by atoms with Gasteiger partial charge in [0.25, 0.3) is 5.91 Å². The number of imide groups is 1. The Labute approximate surface area is 147 Å². The zero-order valence-electron chi connectivity index (χ0n) is 14.5. The molecule has 1 aromatic carbocycles. The lowest BCUT2D eigenvalue weighted by Gasteiger charge is -2.43. The van der Waals surface area contributed by atoms with Crippen molar-refractivity contribution in [3.63, 3.8) is 0 Å². The Morgan fingerprint density at radius 1 is 1.20 bits per heavy atom. The average molecular weight is 341 g/mol. The quantitative estimate of drug-likeness (QED) is 0.786.